The van der Waals surface area contributed by atoms with Gasteiger partial charge in [-0.2, -0.15) is 16.7 Å². The summed E-state index contributed by atoms with van der Waals surface area (Å²) in [6, 6.07) is 0. The average molecular weight is 309 g/mol. The van der Waals surface area contributed by atoms with Crippen LogP contribution in [0, 0.1) is 5.92 Å². The van der Waals surface area contributed by atoms with E-state index in [0.29, 0.717) is 5.25 Å². The van der Waals surface area contributed by atoms with Gasteiger partial charge >= 0.3 is 0 Å². The summed E-state index contributed by atoms with van der Waals surface area (Å²) in [6.07, 6.45) is 6.40. The molecule has 0 spiro atoms. The summed E-state index contributed by atoms with van der Waals surface area (Å²) in [5, 5.41) is 11.6. The molecule has 0 amide bonds. The Balaban J connectivity index is 1.52. The summed E-state index contributed by atoms with van der Waals surface area (Å²) in [6.45, 7) is 6.58. The van der Waals surface area contributed by atoms with Gasteiger partial charge in [-0.05, 0) is 50.4 Å². The molecule has 21 heavy (non-hydrogen) atoms. The Morgan fingerprint density at radius 2 is 2.14 bits per heavy atom. The lowest BCUT2D eigenvalue weighted by atomic mass is 9.97. The van der Waals surface area contributed by atoms with Gasteiger partial charge in [-0.1, -0.05) is 13.3 Å². The first-order chi connectivity index (χ1) is 10.4. The van der Waals surface area contributed by atoms with E-state index in [1.807, 2.05) is 11.8 Å². The molecule has 0 bridgehead atoms. The van der Waals surface area contributed by atoms with E-state index in [9.17, 15) is 0 Å². The van der Waals surface area contributed by atoms with Crippen LogP contribution in [-0.2, 0) is 0 Å². The zero-order valence-corrected chi connectivity index (χ0v) is 13.8. The van der Waals surface area contributed by atoms with Gasteiger partial charge in [0, 0.05) is 13.1 Å². The minimum atomic E-state index is 0.534. The molecule has 0 aromatic carbocycles. The normalized spacial score (nSPS) is 24.4. The smallest absolute Gasteiger partial charge is 0.244 e. The minimum Gasteiger partial charge on any atom is -0.340 e. The second-order valence-corrected chi connectivity index (χ2v) is 7.42. The maximum Gasteiger partial charge on any atom is 0.244 e. The number of hydrogen-bond donors (Lipinski definition) is 2. The number of anilines is 1. The van der Waals surface area contributed by atoms with Crippen molar-refractivity contribution < 1.29 is 0 Å². The van der Waals surface area contributed by atoms with Gasteiger partial charge in [0.1, 0.15) is 5.82 Å². The lowest BCUT2D eigenvalue weighted by Crippen LogP contribution is -2.37. The molecule has 0 radical (unpaired) electrons. The van der Waals surface area contributed by atoms with Gasteiger partial charge in [0.2, 0.25) is 5.95 Å². The maximum atomic E-state index is 4.77. The van der Waals surface area contributed by atoms with Crippen LogP contribution in [0.1, 0.15) is 50.1 Å². The topological polar surface area (TPSA) is 56.8 Å². The Bertz CT molecular complexity index is 421. The van der Waals surface area contributed by atoms with Crippen molar-refractivity contribution in [3.05, 3.63) is 5.82 Å². The van der Waals surface area contributed by atoms with Crippen LogP contribution in [0.3, 0.4) is 0 Å². The summed E-state index contributed by atoms with van der Waals surface area (Å²) >= 11 is 2.03. The zero-order chi connectivity index (χ0) is 14.5. The summed E-state index contributed by atoms with van der Waals surface area (Å²) in [4.78, 5) is 7.11. The number of aromatic nitrogens is 3. The molecule has 3 rings (SSSR count). The second kappa shape index (κ2) is 7.49. The predicted molar refractivity (Wildman–Crippen MR) is 88.9 cm³/mol. The molecule has 0 saturated carbocycles. The molecule has 1 aromatic heterocycles. The Hall–Kier alpha value is -0.750. The van der Waals surface area contributed by atoms with E-state index in [1.54, 1.807) is 0 Å². The summed E-state index contributed by atoms with van der Waals surface area (Å²) in [5.74, 6) is 4.08. The summed E-state index contributed by atoms with van der Waals surface area (Å²) in [7, 11) is 0. The molecular formula is C15H27N5S. The van der Waals surface area contributed by atoms with Crippen molar-refractivity contribution in [2.24, 2.45) is 5.92 Å². The van der Waals surface area contributed by atoms with E-state index in [0.717, 1.165) is 43.9 Å². The third-order valence-corrected chi connectivity index (χ3v) is 5.94. The molecule has 1 unspecified atom stereocenters. The quantitative estimate of drug-likeness (QED) is 0.875. The number of rotatable bonds is 5. The molecule has 5 nitrogen and oxygen atoms in total. The van der Waals surface area contributed by atoms with Crippen molar-refractivity contribution in [3.63, 3.8) is 0 Å². The van der Waals surface area contributed by atoms with E-state index in [1.165, 1.54) is 37.9 Å². The highest BCUT2D eigenvalue weighted by Crippen LogP contribution is 2.37. The molecule has 2 saturated heterocycles. The van der Waals surface area contributed by atoms with Crippen LogP contribution in [0.15, 0.2) is 0 Å². The number of H-pyrrole nitrogens is 1. The lowest BCUT2D eigenvalue weighted by molar-refractivity contribution is 0.384. The van der Waals surface area contributed by atoms with Gasteiger partial charge in [0.05, 0.1) is 5.25 Å². The van der Waals surface area contributed by atoms with Crippen molar-refractivity contribution >= 4 is 17.7 Å². The third kappa shape index (κ3) is 3.92. The van der Waals surface area contributed by atoms with Gasteiger partial charge in [0.25, 0.3) is 0 Å². The third-order valence-electron chi connectivity index (χ3n) is 4.56. The largest absolute Gasteiger partial charge is 0.340 e. The van der Waals surface area contributed by atoms with E-state index < -0.39 is 0 Å². The molecule has 0 aliphatic carbocycles. The number of nitrogens with zero attached hydrogens (tertiary/aromatic N) is 3. The Morgan fingerprint density at radius 3 is 2.86 bits per heavy atom. The van der Waals surface area contributed by atoms with Crippen LogP contribution in [0.5, 0.6) is 0 Å². The van der Waals surface area contributed by atoms with Crippen LogP contribution < -0.4 is 10.2 Å². The second-order valence-electron chi connectivity index (χ2n) is 6.11. The molecule has 2 aliphatic rings. The van der Waals surface area contributed by atoms with Crippen molar-refractivity contribution in [2.75, 3.05) is 36.8 Å². The molecular weight excluding hydrogens is 282 g/mol. The fraction of sp³-hybridized carbons (Fsp3) is 0.867. The van der Waals surface area contributed by atoms with E-state index in [-0.39, 0.29) is 0 Å². The van der Waals surface area contributed by atoms with Crippen molar-refractivity contribution in [3.8, 4) is 0 Å². The van der Waals surface area contributed by atoms with Gasteiger partial charge in [0.15, 0.2) is 0 Å². The number of aromatic amines is 1. The van der Waals surface area contributed by atoms with Crippen LogP contribution in [0.2, 0.25) is 0 Å². The molecule has 118 valence electrons. The fourth-order valence-corrected chi connectivity index (χ4v) is 4.44. The molecule has 6 heteroatoms. The first-order valence-electron chi connectivity index (χ1n) is 8.36. The van der Waals surface area contributed by atoms with Gasteiger partial charge < -0.3 is 10.2 Å². The van der Waals surface area contributed by atoms with Gasteiger partial charge in [-0.25, -0.2) is 0 Å². The number of nitrogens with one attached hydrogen (secondary N) is 2. The van der Waals surface area contributed by atoms with Crippen LogP contribution in [0.25, 0.3) is 0 Å². The molecule has 2 N–H and O–H groups in total. The van der Waals surface area contributed by atoms with Crippen molar-refractivity contribution in [2.45, 2.75) is 44.3 Å². The number of piperidine rings is 1. The maximum absolute atomic E-state index is 4.77. The van der Waals surface area contributed by atoms with Gasteiger partial charge in [-0.15, -0.1) is 5.10 Å². The monoisotopic (exact) mass is 309 g/mol. The van der Waals surface area contributed by atoms with E-state index in [2.05, 4.69) is 27.3 Å². The minimum absolute atomic E-state index is 0.534. The van der Waals surface area contributed by atoms with Crippen LogP contribution in [-0.4, -0.2) is 47.1 Å². The zero-order valence-electron chi connectivity index (χ0n) is 13.0. The standard InChI is InChI=1S/C15H27N5S/c1-2-16-11-12-6-8-20(9-7-12)15-17-14(18-19-15)13-5-3-4-10-21-13/h12-13,16H,2-11H2,1H3,(H,17,18,19). The molecule has 1 aromatic rings. The first kappa shape index (κ1) is 15.2. The number of thioether (sulfide) groups is 1. The fourth-order valence-electron chi connectivity index (χ4n) is 3.19. The molecule has 1 atom stereocenters. The van der Waals surface area contributed by atoms with Gasteiger partial charge in [-0.3, -0.25) is 5.10 Å². The number of hydrogen-bond acceptors (Lipinski definition) is 5. The van der Waals surface area contributed by atoms with E-state index >= 15 is 0 Å². The van der Waals surface area contributed by atoms with E-state index in [4.69, 9.17) is 4.98 Å². The van der Waals surface area contributed by atoms with Crippen molar-refractivity contribution in [1.82, 2.24) is 20.5 Å². The molecule has 2 aliphatic heterocycles. The highest BCUT2D eigenvalue weighted by molar-refractivity contribution is 7.99. The van der Waals surface area contributed by atoms with Crippen LogP contribution >= 0.6 is 11.8 Å². The molecule has 2 fully saturated rings. The Labute approximate surface area is 131 Å². The highest BCUT2D eigenvalue weighted by Gasteiger charge is 2.24. The predicted octanol–water partition coefficient (Wildman–Crippen LogP) is 2.59. The summed E-state index contributed by atoms with van der Waals surface area (Å²) in [5.41, 5.74) is 0. The average Bonchev–Trinajstić information content (AvgIpc) is 3.04. The lowest BCUT2D eigenvalue weighted by Gasteiger charge is -2.31. The first-order valence-corrected chi connectivity index (χ1v) is 9.41. The Morgan fingerprint density at radius 1 is 1.29 bits per heavy atom. The van der Waals surface area contributed by atoms with Crippen LogP contribution in [0.4, 0.5) is 5.95 Å². The highest BCUT2D eigenvalue weighted by atomic mass is 32.2. The molecule has 3 heterocycles. The Kier molecular flexibility index (Phi) is 5.41. The van der Waals surface area contributed by atoms with Crippen molar-refractivity contribution in [1.29, 1.82) is 0 Å². The summed E-state index contributed by atoms with van der Waals surface area (Å²) < 4.78 is 0. The SMILES string of the molecule is CCNCC1CCN(c2n[nH]c(C3CCCCS3)n2)CC1.